The quantitative estimate of drug-likeness (QED) is 0.816. The summed E-state index contributed by atoms with van der Waals surface area (Å²) in [5.41, 5.74) is 1.53. The second-order valence-corrected chi connectivity index (χ2v) is 5.06. The predicted octanol–water partition coefficient (Wildman–Crippen LogP) is 2.30. The highest BCUT2D eigenvalue weighted by atomic mass is 32.1. The Morgan fingerprint density at radius 2 is 2.29 bits per heavy atom. The summed E-state index contributed by atoms with van der Waals surface area (Å²) in [6.07, 6.45) is 0.894. The van der Waals surface area contributed by atoms with Gasteiger partial charge in [-0.3, -0.25) is 0 Å². The molecule has 0 saturated carbocycles. The van der Waals surface area contributed by atoms with Gasteiger partial charge in [0, 0.05) is 36.0 Å². The Bertz CT molecular complexity index is 544. The van der Waals surface area contributed by atoms with Crippen LogP contribution < -0.4 is 5.32 Å². The number of nitrogens with zero attached hydrogens (tertiary/aromatic N) is 1. The molecule has 1 aliphatic heterocycles. The van der Waals surface area contributed by atoms with Crippen molar-refractivity contribution in [1.29, 1.82) is 0 Å². The van der Waals surface area contributed by atoms with Crippen LogP contribution in [-0.4, -0.2) is 16.6 Å². The maximum absolute atomic E-state index is 13.7. The number of fused-ring (bicyclic) bond motifs is 1. The van der Waals surface area contributed by atoms with Crippen molar-refractivity contribution in [3.8, 4) is 16.3 Å². The topological polar surface area (TPSA) is 45.2 Å². The molecule has 0 radical (unpaired) electrons. The Labute approximate surface area is 102 Å². The molecule has 0 aliphatic carbocycles. The first-order chi connectivity index (χ1) is 8.24. The minimum atomic E-state index is -0.427. The number of thiazole rings is 1. The van der Waals surface area contributed by atoms with Gasteiger partial charge in [-0.05, 0) is 12.1 Å². The van der Waals surface area contributed by atoms with Crippen LogP contribution in [0.1, 0.15) is 10.6 Å². The maximum atomic E-state index is 13.7. The number of hydrogen-bond donors (Lipinski definition) is 2. The van der Waals surface area contributed by atoms with E-state index in [1.165, 1.54) is 22.3 Å². The van der Waals surface area contributed by atoms with Crippen LogP contribution in [0.15, 0.2) is 18.2 Å². The van der Waals surface area contributed by atoms with Gasteiger partial charge in [0.25, 0.3) is 0 Å². The molecule has 1 aromatic carbocycles. The van der Waals surface area contributed by atoms with E-state index in [4.69, 9.17) is 0 Å². The lowest BCUT2D eigenvalue weighted by molar-refractivity contribution is 0.469. The average molecular weight is 250 g/mol. The van der Waals surface area contributed by atoms with Gasteiger partial charge in [-0.2, -0.15) is 0 Å². The van der Waals surface area contributed by atoms with Crippen molar-refractivity contribution < 1.29 is 9.50 Å². The van der Waals surface area contributed by atoms with E-state index in [9.17, 15) is 9.50 Å². The number of aromatic hydroxyl groups is 1. The molecular weight excluding hydrogens is 239 g/mol. The van der Waals surface area contributed by atoms with Crippen LogP contribution in [0, 0.1) is 5.82 Å². The lowest BCUT2D eigenvalue weighted by atomic mass is 10.2. The highest BCUT2D eigenvalue weighted by molar-refractivity contribution is 7.15. The highest BCUT2D eigenvalue weighted by Crippen LogP contribution is 2.32. The van der Waals surface area contributed by atoms with Crippen molar-refractivity contribution in [2.24, 2.45) is 0 Å². The van der Waals surface area contributed by atoms with Crippen LogP contribution in [0.3, 0.4) is 0 Å². The van der Waals surface area contributed by atoms with Crippen LogP contribution in [-0.2, 0) is 13.0 Å². The number of hydrogen-bond acceptors (Lipinski definition) is 4. The number of benzene rings is 1. The number of halogens is 1. The van der Waals surface area contributed by atoms with Crippen LogP contribution in [0.4, 0.5) is 4.39 Å². The summed E-state index contributed by atoms with van der Waals surface area (Å²) >= 11 is 1.51. The van der Waals surface area contributed by atoms with Crippen molar-refractivity contribution in [2.45, 2.75) is 13.0 Å². The third kappa shape index (κ3) is 1.92. The SMILES string of the molecule is Oc1ccc(-c2nc3c(s2)CNCC3)c(F)c1. The predicted molar refractivity (Wildman–Crippen MR) is 64.6 cm³/mol. The van der Waals surface area contributed by atoms with Crippen molar-refractivity contribution in [3.05, 3.63) is 34.6 Å². The van der Waals surface area contributed by atoms with Gasteiger partial charge in [0.1, 0.15) is 16.6 Å². The Balaban J connectivity index is 2.06. The van der Waals surface area contributed by atoms with Crippen LogP contribution >= 0.6 is 11.3 Å². The normalized spacial score (nSPS) is 14.6. The molecule has 2 aromatic rings. The van der Waals surface area contributed by atoms with Gasteiger partial charge in [0.2, 0.25) is 0 Å². The Morgan fingerprint density at radius 3 is 3.06 bits per heavy atom. The molecule has 2 heterocycles. The molecule has 3 nitrogen and oxygen atoms in total. The van der Waals surface area contributed by atoms with Crippen molar-refractivity contribution in [1.82, 2.24) is 10.3 Å². The van der Waals surface area contributed by atoms with Gasteiger partial charge in [-0.1, -0.05) is 0 Å². The van der Waals surface area contributed by atoms with Gasteiger partial charge >= 0.3 is 0 Å². The maximum Gasteiger partial charge on any atom is 0.137 e. The molecule has 5 heteroatoms. The second kappa shape index (κ2) is 4.09. The summed E-state index contributed by atoms with van der Waals surface area (Å²) in [7, 11) is 0. The summed E-state index contributed by atoms with van der Waals surface area (Å²) < 4.78 is 13.7. The summed E-state index contributed by atoms with van der Waals surface area (Å²) in [6.45, 7) is 1.74. The summed E-state index contributed by atoms with van der Waals surface area (Å²) in [5, 5.41) is 13.1. The molecule has 88 valence electrons. The molecule has 0 unspecified atom stereocenters. The number of phenols is 1. The molecule has 0 fully saturated rings. The van der Waals surface area contributed by atoms with Gasteiger partial charge in [0.15, 0.2) is 0 Å². The van der Waals surface area contributed by atoms with Gasteiger partial charge < -0.3 is 10.4 Å². The standard InChI is InChI=1S/C12H11FN2OS/c13-9-5-7(16)1-2-8(9)12-15-10-3-4-14-6-11(10)17-12/h1-2,5,14,16H,3-4,6H2. The van der Waals surface area contributed by atoms with Gasteiger partial charge in [-0.25, -0.2) is 9.37 Å². The third-order valence-corrected chi connectivity index (χ3v) is 3.92. The van der Waals surface area contributed by atoms with Crippen LogP contribution in [0.5, 0.6) is 5.75 Å². The van der Waals surface area contributed by atoms with Crippen LogP contribution in [0.25, 0.3) is 10.6 Å². The Kier molecular flexibility index (Phi) is 2.57. The lowest BCUT2D eigenvalue weighted by Gasteiger charge is -2.09. The second-order valence-electron chi connectivity index (χ2n) is 3.98. The van der Waals surface area contributed by atoms with E-state index >= 15 is 0 Å². The largest absolute Gasteiger partial charge is 0.508 e. The lowest BCUT2D eigenvalue weighted by Crippen LogP contribution is -2.22. The first-order valence-electron chi connectivity index (χ1n) is 5.42. The first-order valence-corrected chi connectivity index (χ1v) is 6.24. The van der Waals surface area contributed by atoms with Gasteiger partial charge in [-0.15, -0.1) is 11.3 Å². The number of rotatable bonds is 1. The van der Waals surface area contributed by atoms with E-state index in [2.05, 4.69) is 10.3 Å². The van der Waals surface area contributed by atoms with E-state index in [1.54, 1.807) is 6.07 Å². The molecule has 1 aromatic heterocycles. The van der Waals surface area contributed by atoms with E-state index in [0.29, 0.717) is 10.6 Å². The molecule has 3 rings (SSSR count). The molecule has 0 bridgehead atoms. The number of phenolic OH excluding ortho intramolecular Hbond substituents is 1. The smallest absolute Gasteiger partial charge is 0.137 e. The number of aromatic nitrogens is 1. The molecular formula is C12H11FN2OS. The average Bonchev–Trinajstić information content (AvgIpc) is 2.72. The molecule has 0 amide bonds. The summed E-state index contributed by atoms with van der Waals surface area (Å²) in [6, 6.07) is 4.17. The summed E-state index contributed by atoms with van der Waals surface area (Å²) in [5.74, 6) is -0.488. The molecule has 0 atom stereocenters. The highest BCUT2D eigenvalue weighted by Gasteiger charge is 2.17. The number of nitrogens with one attached hydrogen (secondary N) is 1. The minimum absolute atomic E-state index is 0.0609. The zero-order valence-corrected chi connectivity index (χ0v) is 9.85. The summed E-state index contributed by atoms with van der Waals surface area (Å²) in [4.78, 5) is 5.65. The van der Waals surface area contributed by atoms with E-state index in [0.717, 1.165) is 31.3 Å². The Morgan fingerprint density at radius 1 is 1.41 bits per heavy atom. The fourth-order valence-corrected chi connectivity index (χ4v) is 3.02. The van der Waals surface area contributed by atoms with Crippen molar-refractivity contribution >= 4 is 11.3 Å². The van der Waals surface area contributed by atoms with E-state index in [1.807, 2.05) is 0 Å². The first kappa shape index (κ1) is 10.7. The monoisotopic (exact) mass is 250 g/mol. The van der Waals surface area contributed by atoms with Crippen molar-refractivity contribution in [3.63, 3.8) is 0 Å². The van der Waals surface area contributed by atoms with E-state index < -0.39 is 5.82 Å². The molecule has 0 saturated heterocycles. The Hall–Kier alpha value is -1.46. The molecule has 0 spiro atoms. The fourth-order valence-electron chi connectivity index (χ4n) is 1.92. The van der Waals surface area contributed by atoms with E-state index in [-0.39, 0.29) is 5.75 Å². The van der Waals surface area contributed by atoms with Crippen LogP contribution in [0.2, 0.25) is 0 Å². The molecule has 2 N–H and O–H groups in total. The molecule has 1 aliphatic rings. The van der Waals surface area contributed by atoms with Crippen molar-refractivity contribution in [2.75, 3.05) is 6.54 Å². The fraction of sp³-hybridized carbons (Fsp3) is 0.250. The van der Waals surface area contributed by atoms with Gasteiger partial charge in [0.05, 0.1) is 5.69 Å². The zero-order valence-electron chi connectivity index (χ0n) is 9.03. The minimum Gasteiger partial charge on any atom is -0.508 e. The third-order valence-electron chi connectivity index (χ3n) is 2.79. The molecule has 17 heavy (non-hydrogen) atoms. The zero-order chi connectivity index (χ0) is 11.8.